The first kappa shape index (κ1) is 14.9. The number of ether oxygens (including phenoxy) is 2. The van der Waals surface area contributed by atoms with Crippen molar-refractivity contribution in [2.75, 3.05) is 7.11 Å². The lowest BCUT2D eigenvalue weighted by atomic mass is 10.0. The minimum Gasteiger partial charge on any atom is -0.497 e. The quantitative estimate of drug-likeness (QED) is 0.915. The highest BCUT2D eigenvalue weighted by molar-refractivity contribution is 5.44. The van der Waals surface area contributed by atoms with Gasteiger partial charge in [0.05, 0.1) is 18.7 Å². The molecule has 4 nitrogen and oxygen atoms in total. The summed E-state index contributed by atoms with van der Waals surface area (Å²) in [5.41, 5.74) is 7.52. The number of hydrogen-bond acceptors (Lipinski definition) is 4. The summed E-state index contributed by atoms with van der Waals surface area (Å²) in [5.74, 6) is 1.15. The lowest BCUT2D eigenvalue weighted by Gasteiger charge is -2.23. The molecular formula is C17H18N2O2. The van der Waals surface area contributed by atoms with E-state index in [0.717, 1.165) is 5.56 Å². The third-order valence-corrected chi connectivity index (χ3v) is 3.11. The average molecular weight is 282 g/mol. The summed E-state index contributed by atoms with van der Waals surface area (Å²) >= 11 is 0. The fourth-order valence-electron chi connectivity index (χ4n) is 2.09. The average Bonchev–Trinajstić information content (AvgIpc) is 2.52. The van der Waals surface area contributed by atoms with Crippen LogP contribution >= 0.6 is 0 Å². The predicted molar refractivity (Wildman–Crippen MR) is 81.2 cm³/mol. The highest BCUT2D eigenvalue weighted by Crippen LogP contribution is 2.28. The van der Waals surface area contributed by atoms with Crippen LogP contribution in [0.4, 0.5) is 0 Å². The first-order valence-electron chi connectivity index (χ1n) is 6.70. The molecule has 0 aromatic heterocycles. The Kier molecular flexibility index (Phi) is 4.81. The maximum absolute atomic E-state index is 9.06. The van der Waals surface area contributed by atoms with Crippen molar-refractivity contribution >= 4 is 0 Å². The molecule has 21 heavy (non-hydrogen) atoms. The van der Waals surface area contributed by atoms with Gasteiger partial charge in [0, 0.05) is 12.1 Å². The molecule has 2 N–H and O–H groups in total. The number of benzene rings is 2. The van der Waals surface area contributed by atoms with Crippen molar-refractivity contribution in [2.45, 2.75) is 19.1 Å². The van der Waals surface area contributed by atoms with Gasteiger partial charge in [-0.3, -0.25) is 0 Å². The van der Waals surface area contributed by atoms with E-state index in [9.17, 15) is 0 Å². The summed E-state index contributed by atoms with van der Waals surface area (Å²) in [4.78, 5) is 0. The van der Waals surface area contributed by atoms with E-state index in [-0.39, 0.29) is 12.1 Å². The largest absolute Gasteiger partial charge is 0.497 e. The maximum Gasteiger partial charge on any atom is 0.138 e. The number of nitrogens with zero attached hydrogens (tertiary/aromatic N) is 1. The summed E-state index contributed by atoms with van der Waals surface area (Å²) in [6.45, 7) is 1.89. The van der Waals surface area contributed by atoms with E-state index in [2.05, 4.69) is 6.07 Å². The second-order valence-corrected chi connectivity index (χ2v) is 4.82. The number of nitrogens with two attached hydrogens (primary N) is 1. The number of rotatable bonds is 5. The Morgan fingerprint density at radius 2 is 1.76 bits per heavy atom. The van der Waals surface area contributed by atoms with Crippen LogP contribution in [0.25, 0.3) is 0 Å². The molecule has 0 amide bonds. The van der Waals surface area contributed by atoms with Gasteiger partial charge in [-0.15, -0.1) is 0 Å². The zero-order valence-electron chi connectivity index (χ0n) is 12.1. The predicted octanol–water partition coefficient (Wildman–Crippen LogP) is 3.03. The van der Waals surface area contributed by atoms with Gasteiger partial charge in [-0.25, -0.2) is 0 Å². The summed E-state index contributed by atoms with van der Waals surface area (Å²) in [7, 11) is 1.56. The first-order valence-corrected chi connectivity index (χ1v) is 6.70. The molecule has 2 aromatic rings. The molecule has 0 spiro atoms. The van der Waals surface area contributed by atoms with E-state index >= 15 is 0 Å². The Balaban J connectivity index is 2.32. The van der Waals surface area contributed by atoms with Crippen LogP contribution in [0.5, 0.6) is 11.5 Å². The number of hydrogen-bond donors (Lipinski definition) is 1. The van der Waals surface area contributed by atoms with Crippen LogP contribution in [0.15, 0.2) is 48.5 Å². The van der Waals surface area contributed by atoms with E-state index in [1.807, 2.05) is 37.3 Å². The molecule has 0 aliphatic rings. The zero-order chi connectivity index (χ0) is 15.2. The van der Waals surface area contributed by atoms with Crippen molar-refractivity contribution in [3.8, 4) is 17.6 Å². The van der Waals surface area contributed by atoms with Gasteiger partial charge in [-0.1, -0.05) is 30.3 Å². The molecule has 2 atom stereocenters. The fraction of sp³-hybridized carbons (Fsp3) is 0.235. The second kappa shape index (κ2) is 6.78. The summed E-state index contributed by atoms with van der Waals surface area (Å²) in [5, 5.41) is 9.06. The summed E-state index contributed by atoms with van der Waals surface area (Å²) < 4.78 is 11.2. The van der Waals surface area contributed by atoms with Gasteiger partial charge in [0.1, 0.15) is 17.6 Å². The van der Waals surface area contributed by atoms with Crippen LogP contribution in [0.2, 0.25) is 0 Å². The lowest BCUT2D eigenvalue weighted by Crippen LogP contribution is -2.29. The molecule has 0 radical (unpaired) electrons. The topological polar surface area (TPSA) is 68.3 Å². The van der Waals surface area contributed by atoms with E-state index in [4.69, 9.17) is 20.5 Å². The molecule has 0 heterocycles. The van der Waals surface area contributed by atoms with E-state index in [1.165, 1.54) is 0 Å². The van der Waals surface area contributed by atoms with Gasteiger partial charge in [0.25, 0.3) is 0 Å². The highest BCUT2D eigenvalue weighted by atomic mass is 16.5. The van der Waals surface area contributed by atoms with Crippen LogP contribution in [0.3, 0.4) is 0 Å². The smallest absolute Gasteiger partial charge is 0.138 e. The molecule has 0 bridgehead atoms. The van der Waals surface area contributed by atoms with E-state index < -0.39 is 0 Å². The Morgan fingerprint density at radius 3 is 2.33 bits per heavy atom. The SMILES string of the molecule is COc1cc(C#N)cc(OC(c2ccccc2)C(C)N)c1. The van der Waals surface area contributed by atoms with Gasteiger partial charge in [0.2, 0.25) is 0 Å². The van der Waals surface area contributed by atoms with Crippen molar-refractivity contribution in [3.63, 3.8) is 0 Å². The molecule has 4 heteroatoms. The fourth-order valence-corrected chi connectivity index (χ4v) is 2.09. The normalized spacial score (nSPS) is 13.0. The third kappa shape index (κ3) is 3.74. The molecule has 0 aliphatic carbocycles. The standard InChI is InChI=1S/C17H18N2O2/c1-12(19)17(14-6-4-3-5-7-14)21-16-9-13(11-18)8-15(10-16)20-2/h3-10,12,17H,19H2,1-2H3. The molecule has 0 aliphatic heterocycles. The molecule has 2 rings (SSSR count). The first-order chi connectivity index (χ1) is 10.1. The monoisotopic (exact) mass is 282 g/mol. The van der Waals surface area contributed by atoms with Gasteiger partial charge >= 0.3 is 0 Å². The molecule has 108 valence electrons. The van der Waals surface area contributed by atoms with Crippen molar-refractivity contribution in [2.24, 2.45) is 5.73 Å². The zero-order valence-corrected chi connectivity index (χ0v) is 12.1. The van der Waals surface area contributed by atoms with Gasteiger partial charge in [-0.05, 0) is 24.6 Å². The van der Waals surface area contributed by atoms with Gasteiger partial charge < -0.3 is 15.2 Å². The summed E-state index contributed by atoms with van der Waals surface area (Å²) in [6, 6.07) is 16.8. The Hall–Kier alpha value is -2.51. The van der Waals surface area contributed by atoms with E-state index in [0.29, 0.717) is 17.1 Å². The number of nitriles is 1. The molecular weight excluding hydrogens is 264 g/mol. The Morgan fingerprint density at radius 1 is 1.10 bits per heavy atom. The molecule has 2 aromatic carbocycles. The molecule has 0 saturated carbocycles. The van der Waals surface area contributed by atoms with Crippen LogP contribution < -0.4 is 15.2 Å². The van der Waals surface area contributed by atoms with Gasteiger partial charge in [-0.2, -0.15) is 5.26 Å². The van der Waals surface area contributed by atoms with Crippen molar-refractivity contribution in [1.82, 2.24) is 0 Å². The van der Waals surface area contributed by atoms with Crippen LogP contribution in [0.1, 0.15) is 24.2 Å². The molecule has 0 fully saturated rings. The second-order valence-electron chi connectivity index (χ2n) is 4.82. The maximum atomic E-state index is 9.06. The van der Waals surface area contributed by atoms with E-state index in [1.54, 1.807) is 25.3 Å². The van der Waals surface area contributed by atoms with Crippen molar-refractivity contribution in [1.29, 1.82) is 5.26 Å². The van der Waals surface area contributed by atoms with Gasteiger partial charge in [0.15, 0.2) is 0 Å². The molecule has 2 unspecified atom stereocenters. The number of methoxy groups -OCH3 is 1. The van der Waals surface area contributed by atoms with Crippen LogP contribution in [-0.2, 0) is 0 Å². The van der Waals surface area contributed by atoms with Crippen molar-refractivity contribution in [3.05, 3.63) is 59.7 Å². The minimum absolute atomic E-state index is 0.191. The van der Waals surface area contributed by atoms with Crippen LogP contribution in [0, 0.1) is 11.3 Å². The minimum atomic E-state index is -0.287. The Labute approximate surface area is 124 Å². The molecule has 0 saturated heterocycles. The van der Waals surface area contributed by atoms with Crippen molar-refractivity contribution < 1.29 is 9.47 Å². The van der Waals surface area contributed by atoms with Crippen LogP contribution in [-0.4, -0.2) is 13.2 Å². The Bertz CT molecular complexity index is 633. The summed E-state index contributed by atoms with van der Waals surface area (Å²) in [6.07, 6.45) is -0.287. The highest BCUT2D eigenvalue weighted by Gasteiger charge is 2.18. The lowest BCUT2D eigenvalue weighted by molar-refractivity contribution is 0.180. The third-order valence-electron chi connectivity index (χ3n) is 3.11.